The van der Waals surface area contributed by atoms with E-state index in [4.69, 9.17) is 4.74 Å². The number of aliphatic hydroxyl groups excluding tert-OH is 1. The summed E-state index contributed by atoms with van der Waals surface area (Å²) >= 11 is 0. The van der Waals surface area contributed by atoms with Gasteiger partial charge in [0.15, 0.2) is 5.78 Å². The molecule has 2 aromatic rings. The summed E-state index contributed by atoms with van der Waals surface area (Å²) in [5.74, 6) is -1.07. The molecule has 2 amide bonds. The molecule has 1 atom stereocenters. The van der Waals surface area contributed by atoms with Crippen molar-refractivity contribution >= 4 is 23.6 Å². The van der Waals surface area contributed by atoms with E-state index < -0.39 is 36.0 Å². The number of carbonyl (C=O) groups is 4. The third-order valence-corrected chi connectivity index (χ3v) is 6.06. The number of ketones is 2. The number of amides is 2. The van der Waals surface area contributed by atoms with Gasteiger partial charge < -0.3 is 20.5 Å². The average Bonchev–Trinajstić information content (AvgIpc) is 2.87. The van der Waals surface area contributed by atoms with Crippen molar-refractivity contribution in [3.63, 3.8) is 0 Å². The highest BCUT2D eigenvalue weighted by Crippen LogP contribution is 2.27. The van der Waals surface area contributed by atoms with Gasteiger partial charge in [0.05, 0.1) is 6.04 Å². The smallest absolute Gasteiger partial charge is 0.408 e. The standard InChI is InChI=1S/C26H30N2O6/c29-17-23(31)22(12-11-19-7-3-1-4-8-19)27-24(32)26(15-13-21(30)14-16-26)28-25(33)34-18-20-9-5-2-6-10-20/h1-10,22,29H,11-18H2,(H,27,32)(H,28,33)/t22-/m0/s1. The van der Waals surface area contributed by atoms with Crippen LogP contribution in [0.25, 0.3) is 0 Å². The maximum Gasteiger partial charge on any atom is 0.408 e. The van der Waals surface area contributed by atoms with Gasteiger partial charge in [-0.1, -0.05) is 60.7 Å². The molecule has 3 rings (SSSR count). The molecular formula is C26H30N2O6. The molecule has 0 heterocycles. The molecule has 34 heavy (non-hydrogen) atoms. The summed E-state index contributed by atoms with van der Waals surface area (Å²) < 4.78 is 5.29. The predicted molar refractivity (Wildman–Crippen MR) is 125 cm³/mol. The zero-order valence-electron chi connectivity index (χ0n) is 19.0. The Morgan fingerprint density at radius 3 is 2.12 bits per heavy atom. The predicted octanol–water partition coefficient (Wildman–Crippen LogP) is 2.47. The summed E-state index contributed by atoms with van der Waals surface area (Å²) in [6.45, 7) is -0.677. The summed E-state index contributed by atoms with van der Waals surface area (Å²) in [7, 11) is 0. The average molecular weight is 467 g/mol. The van der Waals surface area contributed by atoms with Crippen molar-refractivity contribution in [1.29, 1.82) is 0 Å². The quantitative estimate of drug-likeness (QED) is 0.495. The Balaban J connectivity index is 1.68. The van der Waals surface area contributed by atoms with Gasteiger partial charge in [-0.25, -0.2) is 4.79 Å². The Hall–Kier alpha value is -3.52. The van der Waals surface area contributed by atoms with Crippen LogP contribution in [-0.2, 0) is 32.1 Å². The molecule has 0 unspecified atom stereocenters. The molecule has 0 spiro atoms. The molecule has 8 nitrogen and oxygen atoms in total. The zero-order chi connectivity index (χ0) is 24.4. The highest BCUT2D eigenvalue weighted by molar-refractivity contribution is 5.96. The fraction of sp³-hybridized carbons (Fsp3) is 0.385. The first-order valence-corrected chi connectivity index (χ1v) is 11.4. The van der Waals surface area contributed by atoms with Gasteiger partial charge in [0.2, 0.25) is 5.91 Å². The first-order valence-electron chi connectivity index (χ1n) is 11.4. The van der Waals surface area contributed by atoms with Crippen molar-refractivity contribution < 1.29 is 29.0 Å². The fourth-order valence-electron chi connectivity index (χ4n) is 3.99. The lowest BCUT2D eigenvalue weighted by molar-refractivity contribution is -0.135. The van der Waals surface area contributed by atoms with E-state index in [2.05, 4.69) is 10.6 Å². The third kappa shape index (κ3) is 6.99. The van der Waals surface area contributed by atoms with Gasteiger partial charge in [-0.2, -0.15) is 0 Å². The lowest BCUT2D eigenvalue weighted by Gasteiger charge is -2.36. The lowest BCUT2D eigenvalue weighted by atomic mass is 9.80. The largest absolute Gasteiger partial charge is 0.445 e. The Bertz CT molecular complexity index is 983. The van der Waals surface area contributed by atoms with E-state index in [0.29, 0.717) is 12.8 Å². The monoisotopic (exact) mass is 466 g/mol. The Morgan fingerprint density at radius 2 is 1.53 bits per heavy atom. The molecule has 8 heteroatoms. The molecule has 1 saturated carbocycles. The second-order valence-corrected chi connectivity index (χ2v) is 8.48. The van der Waals surface area contributed by atoms with Crippen LogP contribution in [0.1, 0.15) is 43.2 Å². The van der Waals surface area contributed by atoms with Gasteiger partial charge in [0, 0.05) is 12.8 Å². The van der Waals surface area contributed by atoms with Gasteiger partial charge in [-0.15, -0.1) is 0 Å². The van der Waals surface area contributed by atoms with Crippen molar-refractivity contribution in [2.75, 3.05) is 6.61 Å². The Kier molecular flexibility index (Phi) is 8.93. The van der Waals surface area contributed by atoms with Crippen molar-refractivity contribution in [2.24, 2.45) is 0 Å². The fourth-order valence-corrected chi connectivity index (χ4v) is 3.99. The number of nitrogens with one attached hydrogen (secondary N) is 2. The number of Topliss-reactive ketones (excluding diaryl/α,β-unsaturated/α-hetero) is 2. The number of benzene rings is 2. The summed E-state index contributed by atoms with van der Waals surface area (Å²) in [4.78, 5) is 50.1. The minimum absolute atomic E-state index is 0.00920. The summed E-state index contributed by atoms with van der Waals surface area (Å²) in [6.07, 6.45) is 0.526. The number of aliphatic hydroxyl groups is 1. The number of alkyl carbamates (subject to hydrolysis) is 1. The van der Waals surface area contributed by atoms with E-state index in [0.717, 1.165) is 11.1 Å². The van der Waals surface area contributed by atoms with Gasteiger partial charge in [0.25, 0.3) is 0 Å². The Morgan fingerprint density at radius 1 is 0.941 bits per heavy atom. The third-order valence-electron chi connectivity index (χ3n) is 6.06. The van der Waals surface area contributed by atoms with Gasteiger partial charge in [-0.3, -0.25) is 14.4 Å². The SMILES string of the molecule is O=C1CCC(NC(=O)OCc2ccccc2)(C(=O)N[C@@H](CCc2ccccc2)C(=O)CO)CC1. The van der Waals surface area contributed by atoms with E-state index in [1.54, 1.807) is 0 Å². The van der Waals surface area contributed by atoms with Crippen molar-refractivity contribution in [2.45, 2.75) is 56.7 Å². The van der Waals surface area contributed by atoms with Crippen LogP contribution in [0, 0.1) is 0 Å². The highest BCUT2D eigenvalue weighted by atomic mass is 16.5. The zero-order valence-corrected chi connectivity index (χ0v) is 19.0. The van der Waals surface area contributed by atoms with Crippen LogP contribution in [0.15, 0.2) is 60.7 Å². The topological polar surface area (TPSA) is 122 Å². The minimum Gasteiger partial charge on any atom is -0.445 e. The van der Waals surface area contributed by atoms with E-state index >= 15 is 0 Å². The number of hydrogen-bond acceptors (Lipinski definition) is 6. The molecule has 0 bridgehead atoms. The summed E-state index contributed by atoms with van der Waals surface area (Å²) in [5.41, 5.74) is 0.417. The van der Waals surface area contributed by atoms with Gasteiger partial charge in [-0.05, 0) is 36.8 Å². The maximum atomic E-state index is 13.4. The molecule has 1 fully saturated rings. The molecule has 0 saturated heterocycles. The van der Waals surface area contributed by atoms with E-state index in [1.165, 1.54) is 0 Å². The maximum absolute atomic E-state index is 13.4. The number of hydrogen-bond donors (Lipinski definition) is 3. The first-order chi connectivity index (χ1) is 16.4. The van der Waals surface area contributed by atoms with Crippen LogP contribution >= 0.6 is 0 Å². The van der Waals surface area contributed by atoms with E-state index in [-0.39, 0.29) is 38.1 Å². The first kappa shape index (κ1) is 25.1. The van der Waals surface area contributed by atoms with Crippen LogP contribution in [0.2, 0.25) is 0 Å². The highest BCUT2D eigenvalue weighted by Gasteiger charge is 2.44. The lowest BCUT2D eigenvalue weighted by Crippen LogP contribution is -2.62. The molecule has 180 valence electrons. The van der Waals surface area contributed by atoms with E-state index in [1.807, 2.05) is 60.7 Å². The molecule has 1 aliphatic rings. The van der Waals surface area contributed by atoms with Crippen molar-refractivity contribution in [1.82, 2.24) is 10.6 Å². The van der Waals surface area contributed by atoms with Crippen LogP contribution in [-0.4, -0.2) is 46.9 Å². The molecule has 0 aliphatic heterocycles. The summed E-state index contributed by atoms with van der Waals surface area (Å²) in [6, 6.07) is 17.7. The molecular weight excluding hydrogens is 436 g/mol. The second-order valence-electron chi connectivity index (χ2n) is 8.48. The van der Waals surface area contributed by atoms with Crippen LogP contribution in [0.5, 0.6) is 0 Å². The number of ether oxygens (including phenoxy) is 1. The second kappa shape index (κ2) is 12.1. The van der Waals surface area contributed by atoms with Crippen LogP contribution in [0.4, 0.5) is 4.79 Å². The Labute approximate surface area is 198 Å². The van der Waals surface area contributed by atoms with Gasteiger partial charge >= 0.3 is 6.09 Å². The van der Waals surface area contributed by atoms with E-state index in [9.17, 15) is 24.3 Å². The van der Waals surface area contributed by atoms with Gasteiger partial charge in [0.1, 0.15) is 24.5 Å². The number of aryl methyl sites for hydroxylation is 1. The number of carbonyl (C=O) groups excluding carboxylic acids is 4. The van der Waals surface area contributed by atoms with Crippen molar-refractivity contribution in [3.05, 3.63) is 71.8 Å². The normalized spacial score (nSPS) is 15.7. The van der Waals surface area contributed by atoms with Crippen LogP contribution in [0.3, 0.4) is 0 Å². The number of rotatable bonds is 10. The molecule has 0 radical (unpaired) electrons. The molecule has 3 N–H and O–H groups in total. The molecule has 2 aromatic carbocycles. The summed E-state index contributed by atoms with van der Waals surface area (Å²) in [5, 5.41) is 14.8. The van der Waals surface area contributed by atoms with Crippen LogP contribution < -0.4 is 10.6 Å². The molecule has 1 aliphatic carbocycles. The minimum atomic E-state index is -1.37. The molecule has 0 aromatic heterocycles. The van der Waals surface area contributed by atoms with Crippen molar-refractivity contribution in [3.8, 4) is 0 Å².